The highest BCUT2D eigenvalue weighted by molar-refractivity contribution is 6.03. The van der Waals surface area contributed by atoms with E-state index >= 15 is 0 Å². The molecule has 0 fully saturated rings. The number of nitrogens with one attached hydrogen (secondary N) is 3. The Morgan fingerprint density at radius 3 is 2.58 bits per heavy atom. The maximum Gasteiger partial charge on any atom is 0.292 e. The molecule has 10 nitrogen and oxygen atoms in total. The molecule has 0 saturated carbocycles. The number of amides is 2. The molecule has 4 rings (SSSR count). The summed E-state index contributed by atoms with van der Waals surface area (Å²) in [5.41, 5.74) is 9.31. The van der Waals surface area contributed by atoms with Crippen LogP contribution in [0.25, 0.3) is 27.8 Å². The molecule has 0 radical (unpaired) electrons. The van der Waals surface area contributed by atoms with Gasteiger partial charge >= 0.3 is 0 Å². The van der Waals surface area contributed by atoms with Gasteiger partial charge in [-0.2, -0.15) is 10.2 Å². The Kier molecular flexibility index (Phi) is 6.69. The average molecular weight is 486 g/mol. The first-order valence-corrected chi connectivity index (χ1v) is 11.4. The van der Waals surface area contributed by atoms with Crippen LogP contribution in [-0.4, -0.2) is 38.3 Å². The number of carbonyl (C=O) groups is 2. The van der Waals surface area contributed by atoms with Gasteiger partial charge < -0.3 is 16.4 Å². The topological polar surface area (TPSA) is 148 Å². The molecule has 36 heavy (non-hydrogen) atoms. The molecule has 184 valence electrons. The van der Waals surface area contributed by atoms with Crippen molar-refractivity contribution >= 4 is 34.2 Å². The Labute approximate surface area is 207 Å². The van der Waals surface area contributed by atoms with Gasteiger partial charge in [0.15, 0.2) is 11.3 Å². The minimum absolute atomic E-state index is 0.0911. The summed E-state index contributed by atoms with van der Waals surface area (Å²) in [6, 6.07) is 12.3. The van der Waals surface area contributed by atoms with Crippen molar-refractivity contribution < 1.29 is 9.59 Å². The second kappa shape index (κ2) is 9.87. The molecule has 0 aliphatic rings. The van der Waals surface area contributed by atoms with Gasteiger partial charge in [-0.3, -0.25) is 14.4 Å². The molecule has 0 saturated heterocycles. The van der Waals surface area contributed by atoms with Gasteiger partial charge in [0.05, 0.1) is 22.5 Å². The lowest BCUT2D eigenvalue weighted by atomic mass is 10.0. The maximum absolute atomic E-state index is 12.6. The van der Waals surface area contributed by atoms with E-state index in [0.717, 1.165) is 5.56 Å². The normalized spacial score (nSPS) is 11.0. The van der Waals surface area contributed by atoms with Crippen molar-refractivity contribution in [2.45, 2.75) is 20.8 Å². The summed E-state index contributed by atoms with van der Waals surface area (Å²) in [6.45, 7) is 10.0. The highest BCUT2D eigenvalue weighted by Gasteiger charge is 2.22. The van der Waals surface area contributed by atoms with Crippen molar-refractivity contribution in [1.82, 2.24) is 25.3 Å². The number of nitrogen functional groups attached to an aromatic ring is 1. The number of fused-ring (bicyclic) bond motifs is 1. The molecule has 0 bridgehead atoms. The average Bonchev–Trinajstić information content (AvgIpc) is 3.26. The van der Waals surface area contributed by atoms with Crippen LogP contribution in [0.3, 0.4) is 0 Å². The molecule has 10 heteroatoms. The van der Waals surface area contributed by atoms with Crippen LogP contribution in [0.1, 0.15) is 29.8 Å². The third-order valence-corrected chi connectivity index (χ3v) is 5.55. The summed E-state index contributed by atoms with van der Waals surface area (Å²) in [5.74, 6) is -0.156. The number of aryl methyl sites for hydroxylation is 1. The number of rotatable bonds is 7. The van der Waals surface area contributed by atoms with Gasteiger partial charge in [0.25, 0.3) is 11.5 Å². The van der Waals surface area contributed by atoms with Gasteiger partial charge in [0.1, 0.15) is 0 Å². The first-order valence-electron chi connectivity index (χ1n) is 11.4. The monoisotopic (exact) mass is 485 g/mol. The fourth-order valence-corrected chi connectivity index (χ4v) is 3.78. The van der Waals surface area contributed by atoms with Crippen LogP contribution in [-0.2, 0) is 4.79 Å². The third-order valence-electron chi connectivity index (χ3n) is 5.55. The number of nitrogens with two attached hydrogens (primary N) is 1. The summed E-state index contributed by atoms with van der Waals surface area (Å²) >= 11 is 0. The number of carbonyl (C=O) groups excluding carboxylic acids is 2. The third kappa shape index (κ3) is 4.74. The van der Waals surface area contributed by atoms with Crippen LogP contribution in [0.4, 0.5) is 11.5 Å². The first kappa shape index (κ1) is 24.4. The molecule has 0 unspecified atom stereocenters. The van der Waals surface area contributed by atoms with Gasteiger partial charge in [0.2, 0.25) is 5.91 Å². The zero-order chi connectivity index (χ0) is 26.0. The molecule has 0 aliphatic carbocycles. The molecule has 0 spiro atoms. The minimum atomic E-state index is -0.507. The molecule has 0 aliphatic heterocycles. The van der Waals surface area contributed by atoms with Gasteiger partial charge in [-0.1, -0.05) is 38.6 Å². The highest BCUT2D eigenvalue weighted by Crippen LogP contribution is 2.35. The Morgan fingerprint density at radius 1 is 1.19 bits per heavy atom. The standard InChI is InChI=1S/C26H27N7O3/c1-5-20(34)29-18-12-15(4)6-11-19(18)33-23(21-22(32-33)26(36)31-30-24(21)27)16-7-9-17(10-8-16)25(35)28-13-14(2)3/h5-12,14H,1,13H2,2-4H3,(H2,27,30)(H,28,35)(H,29,34)(H,31,36). The molecule has 2 aromatic heterocycles. The van der Waals surface area contributed by atoms with Crippen molar-refractivity contribution in [2.75, 3.05) is 17.6 Å². The van der Waals surface area contributed by atoms with Crippen molar-refractivity contribution in [3.05, 3.63) is 76.6 Å². The van der Waals surface area contributed by atoms with Crippen LogP contribution < -0.4 is 21.9 Å². The van der Waals surface area contributed by atoms with Crippen LogP contribution in [0.5, 0.6) is 0 Å². The van der Waals surface area contributed by atoms with E-state index in [1.165, 1.54) is 6.08 Å². The van der Waals surface area contributed by atoms with Crippen molar-refractivity contribution in [2.24, 2.45) is 5.92 Å². The van der Waals surface area contributed by atoms with Crippen LogP contribution >= 0.6 is 0 Å². The number of aromatic nitrogens is 4. The number of aromatic amines is 1. The largest absolute Gasteiger partial charge is 0.382 e. The molecule has 2 aromatic carbocycles. The SMILES string of the molecule is C=CC(=O)Nc1cc(C)ccc1-n1nc2c(=O)[nH]nc(N)c2c1-c1ccc(C(=O)NCC(C)C)cc1. The molecule has 2 amide bonds. The highest BCUT2D eigenvalue weighted by atomic mass is 16.2. The van der Waals surface area contributed by atoms with Gasteiger partial charge in [0, 0.05) is 17.7 Å². The number of H-pyrrole nitrogens is 1. The summed E-state index contributed by atoms with van der Waals surface area (Å²) in [6.07, 6.45) is 1.17. The van der Waals surface area contributed by atoms with E-state index in [-0.39, 0.29) is 17.2 Å². The second-order valence-electron chi connectivity index (χ2n) is 8.82. The number of hydrogen-bond donors (Lipinski definition) is 4. The summed E-state index contributed by atoms with van der Waals surface area (Å²) < 4.78 is 1.55. The van der Waals surface area contributed by atoms with E-state index in [1.807, 2.05) is 26.8 Å². The molecule has 4 aromatic rings. The molecular formula is C26H27N7O3. The van der Waals surface area contributed by atoms with E-state index in [4.69, 9.17) is 5.73 Å². The Balaban J connectivity index is 1.91. The van der Waals surface area contributed by atoms with Gasteiger partial charge in [-0.05, 0) is 48.7 Å². The number of anilines is 2. The van der Waals surface area contributed by atoms with E-state index < -0.39 is 11.5 Å². The number of hydrogen-bond acceptors (Lipinski definition) is 6. The van der Waals surface area contributed by atoms with Crippen molar-refractivity contribution in [1.29, 1.82) is 0 Å². The van der Waals surface area contributed by atoms with Gasteiger partial charge in [-0.15, -0.1) is 0 Å². The number of nitrogens with zero attached hydrogens (tertiary/aromatic N) is 3. The lowest BCUT2D eigenvalue weighted by molar-refractivity contribution is -0.111. The van der Waals surface area contributed by atoms with Crippen molar-refractivity contribution in [3.63, 3.8) is 0 Å². The fourth-order valence-electron chi connectivity index (χ4n) is 3.78. The lowest BCUT2D eigenvalue weighted by Crippen LogP contribution is -2.27. The number of benzene rings is 2. The Bertz CT molecular complexity index is 1530. The zero-order valence-electron chi connectivity index (χ0n) is 20.3. The minimum Gasteiger partial charge on any atom is -0.382 e. The molecular weight excluding hydrogens is 458 g/mol. The zero-order valence-corrected chi connectivity index (χ0v) is 20.3. The molecule has 0 atom stereocenters. The Morgan fingerprint density at radius 2 is 1.92 bits per heavy atom. The first-order chi connectivity index (χ1) is 17.2. The van der Waals surface area contributed by atoms with Crippen LogP contribution in [0.15, 0.2) is 59.9 Å². The van der Waals surface area contributed by atoms with E-state index in [2.05, 4.69) is 32.5 Å². The van der Waals surface area contributed by atoms with E-state index in [9.17, 15) is 14.4 Å². The van der Waals surface area contributed by atoms with Crippen LogP contribution in [0.2, 0.25) is 0 Å². The van der Waals surface area contributed by atoms with Crippen molar-refractivity contribution in [3.8, 4) is 16.9 Å². The summed E-state index contributed by atoms with van der Waals surface area (Å²) in [5, 5.41) is 16.9. The van der Waals surface area contributed by atoms with E-state index in [1.54, 1.807) is 41.1 Å². The molecule has 2 heterocycles. The Hall–Kier alpha value is -4.73. The summed E-state index contributed by atoms with van der Waals surface area (Å²) in [4.78, 5) is 37.2. The fraction of sp³-hybridized carbons (Fsp3) is 0.192. The smallest absolute Gasteiger partial charge is 0.292 e. The lowest BCUT2D eigenvalue weighted by Gasteiger charge is -2.15. The predicted molar refractivity (Wildman–Crippen MR) is 140 cm³/mol. The maximum atomic E-state index is 12.6. The van der Waals surface area contributed by atoms with Gasteiger partial charge in [-0.25, -0.2) is 9.78 Å². The summed E-state index contributed by atoms with van der Waals surface area (Å²) in [7, 11) is 0. The molecule has 5 N–H and O–H groups in total. The second-order valence-corrected chi connectivity index (χ2v) is 8.82. The van der Waals surface area contributed by atoms with Crippen LogP contribution in [0, 0.1) is 12.8 Å². The quantitative estimate of drug-likeness (QED) is 0.296. The predicted octanol–water partition coefficient (Wildman–Crippen LogP) is 3.18. The van der Waals surface area contributed by atoms with E-state index in [0.29, 0.717) is 46.0 Å².